The lowest BCUT2D eigenvalue weighted by Gasteiger charge is -2.07. The van der Waals surface area contributed by atoms with Crippen molar-refractivity contribution in [2.75, 3.05) is 0 Å². The minimum atomic E-state index is -0.378. The van der Waals surface area contributed by atoms with E-state index in [0.29, 0.717) is 5.75 Å². The maximum atomic E-state index is 10.9. The molecule has 0 amide bonds. The number of rotatable bonds is 4. The molecule has 0 aliphatic rings. The Morgan fingerprint density at radius 2 is 1.96 bits per heavy atom. The molecule has 25 heavy (non-hydrogen) atoms. The summed E-state index contributed by atoms with van der Waals surface area (Å²) in [6.45, 7) is 2.06. The van der Waals surface area contributed by atoms with Gasteiger partial charge in [-0.05, 0) is 30.2 Å². The van der Waals surface area contributed by atoms with Gasteiger partial charge < -0.3 is 0 Å². The van der Waals surface area contributed by atoms with Crippen molar-refractivity contribution >= 4 is 34.0 Å². The zero-order chi connectivity index (χ0) is 17.4. The summed E-state index contributed by atoms with van der Waals surface area (Å²) in [5, 5.41) is 21.4. The fourth-order valence-electron chi connectivity index (χ4n) is 2.88. The van der Waals surface area contributed by atoms with Crippen LogP contribution >= 0.6 is 11.8 Å². The maximum absolute atomic E-state index is 10.9. The lowest BCUT2D eigenvalue weighted by Crippen LogP contribution is -1.94. The number of nitro benzene ring substituents is 1. The molecule has 0 fully saturated rings. The van der Waals surface area contributed by atoms with Gasteiger partial charge in [0.1, 0.15) is 0 Å². The highest BCUT2D eigenvalue weighted by molar-refractivity contribution is 7.98. The number of nitrogens with zero attached hydrogens (tertiary/aromatic N) is 4. The van der Waals surface area contributed by atoms with Crippen LogP contribution in [0.2, 0.25) is 0 Å². The van der Waals surface area contributed by atoms with Crippen LogP contribution in [-0.2, 0) is 5.75 Å². The molecular formula is C18H14N4O2S. The topological polar surface area (TPSA) is 73.3 Å². The van der Waals surface area contributed by atoms with Crippen molar-refractivity contribution in [3.8, 4) is 0 Å². The van der Waals surface area contributed by atoms with Gasteiger partial charge in [-0.1, -0.05) is 42.1 Å². The van der Waals surface area contributed by atoms with Crippen molar-refractivity contribution in [1.29, 1.82) is 0 Å². The molecule has 2 heterocycles. The van der Waals surface area contributed by atoms with Crippen LogP contribution in [0.5, 0.6) is 0 Å². The van der Waals surface area contributed by atoms with Crippen LogP contribution in [0.15, 0.2) is 59.8 Å². The molecule has 4 rings (SSSR count). The molecule has 0 bridgehead atoms. The van der Waals surface area contributed by atoms with Crippen molar-refractivity contribution in [2.45, 2.75) is 17.8 Å². The van der Waals surface area contributed by atoms with Crippen LogP contribution in [-0.4, -0.2) is 19.5 Å². The first-order valence-corrected chi connectivity index (χ1v) is 8.71. The Morgan fingerprint density at radius 1 is 1.12 bits per heavy atom. The standard InChI is InChI=1S/C18H14N4O2S/c1-12-9-17-19-20-18(21(17)16-8-3-2-7-15(12)16)25-11-13-5-4-6-14(10-13)22(23)24/h2-10H,11H2,1H3. The summed E-state index contributed by atoms with van der Waals surface area (Å²) in [6.07, 6.45) is 0. The predicted molar refractivity (Wildman–Crippen MR) is 97.9 cm³/mol. The molecule has 2 aromatic carbocycles. The van der Waals surface area contributed by atoms with Gasteiger partial charge in [-0.25, -0.2) is 0 Å². The van der Waals surface area contributed by atoms with Crippen molar-refractivity contribution in [2.24, 2.45) is 0 Å². The van der Waals surface area contributed by atoms with Gasteiger partial charge in [0.25, 0.3) is 5.69 Å². The fraction of sp³-hybridized carbons (Fsp3) is 0.111. The zero-order valence-corrected chi connectivity index (χ0v) is 14.2. The second-order valence-electron chi connectivity index (χ2n) is 5.74. The minimum absolute atomic E-state index is 0.102. The van der Waals surface area contributed by atoms with Crippen molar-refractivity contribution in [3.63, 3.8) is 0 Å². The number of aromatic nitrogens is 3. The SMILES string of the molecule is Cc1cc2nnc(SCc3cccc([N+](=O)[O-])c3)n2c2ccccc12. The van der Waals surface area contributed by atoms with Crippen molar-refractivity contribution in [3.05, 3.63) is 75.8 Å². The molecule has 0 spiro atoms. The van der Waals surface area contributed by atoms with Crippen LogP contribution in [0.4, 0.5) is 5.69 Å². The van der Waals surface area contributed by atoms with Crippen molar-refractivity contribution < 1.29 is 4.92 Å². The van der Waals surface area contributed by atoms with E-state index in [0.717, 1.165) is 32.8 Å². The fourth-order valence-corrected chi connectivity index (χ4v) is 3.77. The Labute approximate surface area is 147 Å². The Bertz CT molecular complexity index is 1110. The molecule has 124 valence electrons. The van der Waals surface area contributed by atoms with Crippen LogP contribution < -0.4 is 0 Å². The van der Waals surface area contributed by atoms with Gasteiger partial charge in [0, 0.05) is 23.3 Å². The number of aryl methyl sites for hydroxylation is 1. The first-order chi connectivity index (χ1) is 12.1. The van der Waals surface area contributed by atoms with E-state index >= 15 is 0 Å². The largest absolute Gasteiger partial charge is 0.270 e. The molecule has 0 unspecified atom stereocenters. The highest BCUT2D eigenvalue weighted by atomic mass is 32.2. The Kier molecular flexibility index (Phi) is 3.85. The second kappa shape index (κ2) is 6.18. The number of fused-ring (bicyclic) bond motifs is 3. The van der Waals surface area contributed by atoms with Crippen LogP contribution in [0.25, 0.3) is 16.6 Å². The highest BCUT2D eigenvalue weighted by Crippen LogP contribution is 2.28. The van der Waals surface area contributed by atoms with Gasteiger partial charge in [-0.15, -0.1) is 10.2 Å². The molecule has 0 radical (unpaired) electrons. The number of pyridine rings is 1. The predicted octanol–water partition coefficient (Wildman–Crippen LogP) is 4.39. The first-order valence-electron chi connectivity index (χ1n) is 7.73. The normalized spacial score (nSPS) is 11.2. The minimum Gasteiger partial charge on any atom is -0.270 e. The lowest BCUT2D eigenvalue weighted by atomic mass is 10.1. The van der Waals surface area contributed by atoms with Gasteiger partial charge in [-0.3, -0.25) is 14.5 Å². The summed E-state index contributed by atoms with van der Waals surface area (Å²) in [5.74, 6) is 0.588. The summed E-state index contributed by atoms with van der Waals surface area (Å²) in [7, 11) is 0. The number of para-hydroxylation sites is 1. The molecular weight excluding hydrogens is 336 g/mol. The van der Waals surface area contributed by atoms with E-state index in [9.17, 15) is 10.1 Å². The third kappa shape index (κ3) is 2.83. The van der Waals surface area contributed by atoms with E-state index in [1.807, 2.05) is 28.7 Å². The zero-order valence-electron chi connectivity index (χ0n) is 13.4. The molecule has 0 atom stereocenters. The summed E-state index contributed by atoms with van der Waals surface area (Å²) in [6, 6.07) is 16.8. The smallest absolute Gasteiger partial charge is 0.269 e. The van der Waals surface area contributed by atoms with Gasteiger partial charge in [0.2, 0.25) is 0 Å². The average Bonchev–Trinajstić information content (AvgIpc) is 3.03. The summed E-state index contributed by atoms with van der Waals surface area (Å²) >= 11 is 1.52. The number of non-ortho nitro benzene ring substituents is 1. The summed E-state index contributed by atoms with van der Waals surface area (Å²) in [4.78, 5) is 10.5. The Morgan fingerprint density at radius 3 is 2.80 bits per heavy atom. The quantitative estimate of drug-likeness (QED) is 0.310. The number of nitro groups is 1. The molecule has 0 N–H and O–H groups in total. The van der Waals surface area contributed by atoms with E-state index in [-0.39, 0.29) is 10.6 Å². The lowest BCUT2D eigenvalue weighted by molar-refractivity contribution is -0.384. The molecule has 0 aliphatic heterocycles. The monoisotopic (exact) mass is 350 g/mol. The van der Waals surface area contributed by atoms with Gasteiger partial charge in [-0.2, -0.15) is 0 Å². The molecule has 0 saturated heterocycles. The number of thioether (sulfide) groups is 1. The Hall–Kier alpha value is -2.93. The van der Waals surface area contributed by atoms with Gasteiger partial charge >= 0.3 is 0 Å². The van der Waals surface area contributed by atoms with E-state index in [1.165, 1.54) is 17.8 Å². The molecule has 2 aromatic heterocycles. The van der Waals surface area contributed by atoms with E-state index in [4.69, 9.17) is 0 Å². The second-order valence-corrected chi connectivity index (χ2v) is 6.68. The summed E-state index contributed by atoms with van der Waals surface area (Å²) < 4.78 is 2.03. The van der Waals surface area contributed by atoms with E-state index < -0.39 is 0 Å². The van der Waals surface area contributed by atoms with Crippen molar-refractivity contribution in [1.82, 2.24) is 14.6 Å². The molecule has 4 aromatic rings. The molecule has 0 saturated carbocycles. The van der Waals surface area contributed by atoms with Crippen LogP contribution in [0.3, 0.4) is 0 Å². The number of hydrogen-bond acceptors (Lipinski definition) is 5. The molecule has 0 aliphatic carbocycles. The third-order valence-electron chi connectivity index (χ3n) is 4.06. The summed E-state index contributed by atoms with van der Waals surface area (Å²) in [5.41, 5.74) is 4.00. The van der Waals surface area contributed by atoms with Gasteiger partial charge in [0.15, 0.2) is 10.8 Å². The average molecular weight is 350 g/mol. The first kappa shape index (κ1) is 15.6. The Balaban J connectivity index is 1.72. The van der Waals surface area contributed by atoms with E-state index in [1.54, 1.807) is 12.1 Å². The molecule has 7 heteroatoms. The van der Waals surface area contributed by atoms with Crippen LogP contribution in [0.1, 0.15) is 11.1 Å². The number of benzene rings is 2. The van der Waals surface area contributed by atoms with E-state index in [2.05, 4.69) is 29.3 Å². The van der Waals surface area contributed by atoms with Gasteiger partial charge in [0.05, 0.1) is 10.4 Å². The maximum Gasteiger partial charge on any atom is 0.269 e. The van der Waals surface area contributed by atoms with Crippen LogP contribution in [0, 0.1) is 17.0 Å². The number of hydrogen-bond donors (Lipinski definition) is 0. The highest BCUT2D eigenvalue weighted by Gasteiger charge is 2.12. The third-order valence-corrected chi connectivity index (χ3v) is 5.06. The molecule has 6 nitrogen and oxygen atoms in total.